The lowest BCUT2D eigenvalue weighted by molar-refractivity contribution is -0.697. The molecule has 2 nitrogen and oxygen atoms in total. The summed E-state index contributed by atoms with van der Waals surface area (Å²) in [6, 6.07) is 22.8. The normalized spacial score (nSPS) is 14.0. The van der Waals surface area contributed by atoms with E-state index in [1.54, 1.807) is 0 Å². The molecule has 2 atom stereocenters. The summed E-state index contributed by atoms with van der Waals surface area (Å²) in [6.45, 7) is 8.22. The molecule has 2 aromatic carbocycles. The molecule has 0 bridgehead atoms. The van der Waals surface area contributed by atoms with Crippen LogP contribution in [0.1, 0.15) is 115 Å². The highest BCUT2D eigenvalue weighted by atomic mass is 15.1. The first-order valence-electron chi connectivity index (χ1n) is 14.8. The van der Waals surface area contributed by atoms with Crippen LogP contribution in [0.2, 0.25) is 0 Å². The van der Waals surface area contributed by atoms with E-state index in [1.165, 1.54) is 88.2 Å². The topological polar surface area (TPSA) is 8.81 Å². The first-order chi connectivity index (χ1) is 17.7. The van der Waals surface area contributed by atoms with Crippen molar-refractivity contribution >= 4 is 0 Å². The van der Waals surface area contributed by atoms with Gasteiger partial charge in [0.1, 0.15) is 18.4 Å². The SMILES string of the molecule is CCCCCCCCCC(n1cc[n+](CCCCCC)c1)C(C)(Cc1ccccc1)c1ccccc1. The Morgan fingerprint density at radius 2 is 1.31 bits per heavy atom. The van der Waals surface area contributed by atoms with Crippen molar-refractivity contribution in [2.75, 3.05) is 0 Å². The molecule has 0 radical (unpaired) electrons. The number of unbranched alkanes of at least 4 members (excludes halogenated alkanes) is 9. The Kier molecular flexibility index (Phi) is 12.3. The maximum Gasteiger partial charge on any atom is 0.244 e. The van der Waals surface area contributed by atoms with E-state index < -0.39 is 0 Å². The fraction of sp³-hybridized carbons (Fsp3) is 0.559. The second kappa shape index (κ2) is 15.7. The van der Waals surface area contributed by atoms with Crippen molar-refractivity contribution in [2.45, 2.75) is 122 Å². The van der Waals surface area contributed by atoms with Gasteiger partial charge in [-0.25, -0.2) is 9.13 Å². The molecular formula is C34H51N2+. The average Bonchev–Trinajstić information content (AvgIpc) is 3.37. The minimum atomic E-state index is 0.0177. The van der Waals surface area contributed by atoms with Crippen molar-refractivity contribution < 1.29 is 4.57 Å². The number of hydrogen-bond donors (Lipinski definition) is 0. The Hall–Kier alpha value is -2.35. The number of hydrogen-bond acceptors (Lipinski definition) is 0. The van der Waals surface area contributed by atoms with Gasteiger partial charge in [-0.1, -0.05) is 133 Å². The molecule has 2 unspecified atom stereocenters. The third-order valence-electron chi connectivity index (χ3n) is 8.01. The molecule has 0 aliphatic carbocycles. The van der Waals surface area contributed by atoms with Gasteiger partial charge in [0.15, 0.2) is 0 Å². The molecule has 0 fully saturated rings. The third-order valence-corrected chi connectivity index (χ3v) is 8.01. The average molecular weight is 488 g/mol. The molecule has 1 heterocycles. The van der Waals surface area contributed by atoms with E-state index in [2.05, 4.69) is 109 Å². The van der Waals surface area contributed by atoms with Gasteiger partial charge in [-0.15, -0.1) is 0 Å². The Balaban J connectivity index is 1.83. The molecule has 0 spiro atoms. The van der Waals surface area contributed by atoms with Crippen molar-refractivity contribution in [1.29, 1.82) is 0 Å². The predicted octanol–water partition coefficient (Wildman–Crippen LogP) is 9.24. The zero-order valence-electron chi connectivity index (χ0n) is 23.4. The lowest BCUT2D eigenvalue weighted by Gasteiger charge is -2.37. The molecule has 0 saturated carbocycles. The quantitative estimate of drug-likeness (QED) is 0.125. The summed E-state index contributed by atoms with van der Waals surface area (Å²) in [7, 11) is 0. The molecule has 3 aromatic rings. The molecule has 0 N–H and O–H groups in total. The van der Waals surface area contributed by atoms with Crippen LogP contribution in [0.5, 0.6) is 0 Å². The van der Waals surface area contributed by atoms with Gasteiger partial charge >= 0.3 is 0 Å². The van der Waals surface area contributed by atoms with Gasteiger partial charge in [-0.3, -0.25) is 0 Å². The maximum absolute atomic E-state index is 2.55. The lowest BCUT2D eigenvalue weighted by Crippen LogP contribution is -2.38. The molecule has 196 valence electrons. The van der Waals surface area contributed by atoms with Gasteiger partial charge < -0.3 is 0 Å². The van der Waals surface area contributed by atoms with Crippen molar-refractivity contribution in [3.63, 3.8) is 0 Å². The van der Waals surface area contributed by atoms with Crippen molar-refractivity contribution in [3.05, 3.63) is 90.5 Å². The highest BCUT2D eigenvalue weighted by Gasteiger charge is 2.40. The van der Waals surface area contributed by atoms with Crippen LogP contribution < -0.4 is 4.57 Å². The number of rotatable bonds is 18. The van der Waals surface area contributed by atoms with Gasteiger partial charge in [0.25, 0.3) is 0 Å². The van der Waals surface area contributed by atoms with Gasteiger partial charge in [0.05, 0.1) is 6.54 Å². The molecule has 1 aromatic heterocycles. The predicted molar refractivity (Wildman–Crippen MR) is 154 cm³/mol. The van der Waals surface area contributed by atoms with Gasteiger partial charge in [0.2, 0.25) is 6.33 Å². The van der Waals surface area contributed by atoms with Crippen LogP contribution in [-0.2, 0) is 18.4 Å². The summed E-state index contributed by atoms with van der Waals surface area (Å²) in [5, 5.41) is 0. The van der Waals surface area contributed by atoms with Gasteiger partial charge in [-0.05, 0) is 43.2 Å². The summed E-state index contributed by atoms with van der Waals surface area (Å²) in [6.07, 6.45) is 24.0. The van der Waals surface area contributed by atoms with Gasteiger partial charge in [-0.2, -0.15) is 0 Å². The fourth-order valence-corrected chi connectivity index (χ4v) is 5.79. The number of nitrogens with zero attached hydrogens (tertiary/aromatic N) is 2. The van der Waals surface area contributed by atoms with Crippen LogP contribution in [0.4, 0.5) is 0 Å². The van der Waals surface area contributed by atoms with Crippen molar-refractivity contribution in [1.82, 2.24) is 4.57 Å². The minimum Gasteiger partial charge on any atom is -0.237 e. The second-order valence-corrected chi connectivity index (χ2v) is 11.0. The van der Waals surface area contributed by atoms with E-state index >= 15 is 0 Å². The van der Waals surface area contributed by atoms with Crippen LogP contribution in [0.3, 0.4) is 0 Å². The lowest BCUT2D eigenvalue weighted by atomic mass is 9.70. The summed E-state index contributed by atoms with van der Waals surface area (Å²) < 4.78 is 4.97. The van der Waals surface area contributed by atoms with Crippen LogP contribution in [0.25, 0.3) is 0 Å². The summed E-state index contributed by atoms with van der Waals surface area (Å²) in [5.41, 5.74) is 2.89. The van der Waals surface area contributed by atoms with Crippen LogP contribution >= 0.6 is 0 Å². The minimum absolute atomic E-state index is 0.0177. The van der Waals surface area contributed by atoms with E-state index in [0.717, 1.165) is 13.0 Å². The highest BCUT2D eigenvalue weighted by Crippen LogP contribution is 2.41. The first-order valence-corrected chi connectivity index (χ1v) is 14.8. The zero-order chi connectivity index (χ0) is 25.5. The molecule has 2 heteroatoms. The van der Waals surface area contributed by atoms with E-state index in [1.807, 2.05) is 0 Å². The first kappa shape index (κ1) is 28.2. The van der Waals surface area contributed by atoms with E-state index in [4.69, 9.17) is 0 Å². The van der Waals surface area contributed by atoms with Crippen LogP contribution in [-0.4, -0.2) is 4.57 Å². The van der Waals surface area contributed by atoms with E-state index in [0.29, 0.717) is 6.04 Å². The van der Waals surface area contributed by atoms with Crippen LogP contribution in [0.15, 0.2) is 79.4 Å². The van der Waals surface area contributed by atoms with Crippen LogP contribution in [0, 0.1) is 0 Å². The highest BCUT2D eigenvalue weighted by molar-refractivity contribution is 5.30. The third kappa shape index (κ3) is 8.64. The zero-order valence-corrected chi connectivity index (χ0v) is 23.4. The standard InChI is InChI=1S/C34H51N2/c1-4-6-8-10-11-12-19-25-33(36-28-27-35(30-36)26-20-9-7-5-2)34(3,32-23-17-14-18-24-32)29-31-21-15-13-16-22-31/h13-18,21-24,27-28,30,33H,4-12,19-20,25-26,29H2,1-3H3/q+1. The Morgan fingerprint density at radius 1 is 0.722 bits per heavy atom. The van der Waals surface area contributed by atoms with E-state index in [9.17, 15) is 0 Å². The number of imidazole rings is 1. The number of aryl methyl sites for hydroxylation is 1. The van der Waals surface area contributed by atoms with E-state index in [-0.39, 0.29) is 5.41 Å². The molecule has 36 heavy (non-hydrogen) atoms. The molecule has 0 aliphatic rings. The molecule has 3 rings (SSSR count). The summed E-state index contributed by atoms with van der Waals surface area (Å²) in [4.78, 5) is 0. The molecule has 0 aliphatic heterocycles. The summed E-state index contributed by atoms with van der Waals surface area (Å²) in [5.74, 6) is 0. The fourth-order valence-electron chi connectivity index (χ4n) is 5.79. The summed E-state index contributed by atoms with van der Waals surface area (Å²) >= 11 is 0. The largest absolute Gasteiger partial charge is 0.244 e. The Bertz CT molecular complexity index is 946. The molecular weight excluding hydrogens is 436 g/mol. The Morgan fingerprint density at radius 3 is 1.97 bits per heavy atom. The number of aromatic nitrogens is 2. The van der Waals surface area contributed by atoms with Gasteiger partial charge in [0, 0.05) is 5.41 Å². The Labute approximate surface area is 221 Å². The molecule has 0 amide bonds. The number of benzene rings is 2. The smallest absolute Gasteiger partial charge is 0.237 e. The van der Waals surface area contributed by atoms with Crippen molar-refractivity contribution in [2.24, 2.45) is 0 Å². The maximum atomic E-state index is 2.55. The molecule has 0 saturated heterocycles. The second-order valence-electron chi connectivity index (χ2n) is 11.0. The van der Waals surface area contributed by atoms with Crippen molar-refractivity contribution in [3.8, 4) is 0 Å². The monoisotopic (exact) mass is 487 g/mol.